The van der Waals surface area contributed by atoms with Crippen molar-refractivity contribution >= 4 is 11.8 Å². The predicted molar refractivity (Wildman–Crippen MR) is 122 cm³/mol. The molecule has 0 spiro atoms. The van der Waals surface area contributed by atoms with Crippen molar-refractivity contribution in [3.05, 3.63) is 58.7 Å². The largest absolute Gasteiger partial charge is 0.492 e. The van der Waals surface area contributed by atoms with E-state index in [1.807, 2.05) is 30.3 Å². The van der Waals surface area contributed by atoms with E-state index in [1.165, 1.54) is 7.11 Å². The summed E-state index contributed by atoms with van der Waals surface area (Å²) in [5.41, 5.74) is 4.11. The Morgan fingerprint density at radius 1 is 1.03 bits per heavy atom. The molecule has 2 aromatic rings. The van der Waals surface area contributed by atoms with E-state index in [1.54, 1.807) is 0 Å². The number of ketones is 1. The van der Waals surface area contributed by atoms with Crippen molar-refractivity contribution in [2.24, 2.45) is 5.92 Å². The average molecular weight is 451 g/mol. The molecule has 3 aliphatic rings. The van der Waals surface area contributed by atoms with Gasteiger partial charge >= 0.3 is 5.97 Å². The lowest BCUT2D eigenvalue weighted by molar-refractivity contribution is -0.141. The molecule has 0 unspecified atom stereocenters. The first-order valence-corrected chi connectivity index (χ1v) is 11.9. The summed E-state index contributed by atoms with van der Waals surface area (Å²) < 4.78 is 22.4. The molecule has 1 fully saturated rings. The maximum Gasteiger partial charge on any atom is 0.306 e. The van der Waals surface area contributed by atoms with Crippen LogP contribution in [0, 0.1) is 5.92 Å². The van der Waals surface area contributed by atoms with E-state index in [2.05, 4.69) is 6.07 Å². The minimum absolute atomic E-state index is 0.0120. The number of hydrogen-bond donors (Lipinski definition) is 0. The molecule has 33 heavy (non-hydrogen) atoms. The molecule has 0 radical (unpaired) electrons. The molecule has 1 saturated heterocycles. The number of Topliss-reactive ketones (excluding diaryl/α,β-unsaturated/α-hetero) is 1. The summed E-state index contributed by atoms with van der Waals surface area (Å²) >= 11 is 0. The molecule has 0 amide bonds. The maximum atomic E-state index is 13.1. The Bertz CT molecular complexity index is 1040. The minimum Gasteiger partial charge on any atom is -0.492 e. The number of ether oxygens (including phenoxy) is 4. The van der Waals surface area contributed by atoms with Crippen LogP contribution < -0.4 is 9.47 Å². The van der Waals surface area contributed by atoms with Gasteiger partial charge in [0, 0.05) is 42.7 Å². The molecule has 2 heterocycles. The molecule has 0 saturated carbocycles. The molecule has 6 heteroatoms. The van der Waals surface area contributed by atoms with Crippen LogP contribution in [0.4, 0.5) is 0 Å². The Kier molecular flexibility index (Phi) is 6.36. The third-order valence-electron chi connectivity index (χ3n) is 7.11. The number of hydrogen-bond acceptors (Lipinski definition) is 6. The van der Waals surface area contributed by atoms with Gasteiger partial charge < -0.3 is 18.9 Å². The first kappa shape index (κ1) is 22.0. The first-order valence-electron chi connectivity index (χ1n) is 11.9. The molecule has 6 nitrogen and oxygen atoms in total. The molecule has 0 bridgehead atoms. The molecule has 0 N–H and O–H groups in total. The number of benzene rings is 2. The lowest BCUT2D eigenvalue weighted by atomic mass is 9.89. The second-order valence-corrected chi connectivity index (χ2v) is 9.19. The Labute approximate surface area is 194 Å². The molecule has 5 rings (SSSR count). The summed E-state index contributed by atoms with van der Waals surface area (Å²) in [5.74, 6) is 1.94. The number of fused-ring (bicyclic) bond motifs is 2. The second-order valence-electron chi connectivity index (χ2n) is 9.19. The van der Waals surface area contributed by atoms with Gasteiger partial charge in [-0.1, -0.05) is 24.3 Å². The number of rotatable bonds is 7. The highest BCUT2D eigenvalue weighted by Crippen LogP contribution is 2.42. The van der Waals surface area contributed by atoms with Gasteiger partial charge in [-0.15, -0.1) is 0 Å². The van der Waals surface area contributed by atoms with E-state index in [0.29, 0.717) is 25.4 Å². The monoisotopic (exact) mass is 450 g/mol. The summed E-state index contributed by atoms with van der Waals surface area (Å²) in [6.07, 6.45) is 4.45. The standard InChI is InChI=1S/C27H30O6/c1-30-27(29)14-18-16-32-26-15-19(5-6-20(18)26)33-25-8-7-21-22(3-2-4-23(21)25)24(28)13-17-9-11-31-12-10-17/h2-6,15,17-18,25H,7-14,16H2,1H3/t18-,25-/m1/s1. The molecular weight excluding hydrogens is 420 g/mol. The van der Waals surface area contributed by atoms with Crippen molar-refractivity contribution in [3.63, 3.8) is 0 Å². The average Bonchev–Trinajstić information content (AvgIpc) is 3.43. The van der Waals surface area contributed by atoms with E-state index in [9.17, 15) is 9.59 Å². The predicted octanol–water partition coefficient (Wildman–Crippen LogP) is 4.79. The fraction of sp³-hybridized carbons (Fsp3) is 0.481. The van der Waals surface area contributed by atoms with E-state index >= 15 is 0 Å². The van der Waals surface area contributed by atoms with Crippen molar-refractivity contribution in [2.45, 2.75) is 50.5 Å². The van der Waals surface area contributed by atoms with Crippen molar-refractivity contribution in [2.75, 3.05) is 26.9 Å². The van der Waals surface area contributed by atoms with E-state index in [4.69, 9.17) is 18.9 Å². The van der Waals surface area contributed by atoms with Crippen LogP contribution in [-0.4, -0.2) is 38.7 Å². The van der Waals surface area contributed by atoms with Crippen molar-refractivity contribution < 1.29 is 28.5 Å². The third kappa shape index (κ3) is 4.62. The minimum atomic E-state index is -0.235. The fourth-order valence-corrected chi connectivity index (χ4v) is 5.27. The number of carbonyl (C=O) groups is 2. The highest BCUT2D eigenvalue weighted by Gasteiger charge is 2.31. The van der Waals surface area contributed by atoms with Crippen LogP contribution in [0.5, 0.6) is 11.5 Å². The molecule has 174 valence electrons. The molecular formula is C27H30O6. The Hall–Kier alpha value is -2.86. The summed E-state index contributed by atoms with van der Waals surface area (Å²) in [7, 11) is 1.40. The zero-order chi connectivity index (χ0) is 22.8. The van der Waals surface area contributed by atoms with Gasteiger partial charge in [0.05, 0.1) is 20.1 Å². The van der Waals surface area contributed by atoms with Gasteiger partial charge in [-0.05, 0) is 48.8 Å². The fourth-order valence-electron chi connectivity index (χ4n) is 5.27. The van der Waals surface area contributed by atoms with Gasteiger partial charge in [-0.2, -0.15) is 0 Å². The molecule has 0 aromatic heterocycles. The van der Waals surface area contributed by atoms with Crippen molar-refractivity contribution in [1.29, 1.82) is 0 Å². The van der Waals surface area contributed by atoms with Crippen LogP contribution >= 0.6 is 0 Å². The topological polar surface area (TPSA) is 71.1 Å². The number of methoxy groups -OCH3 is 1. The van der Waals surface area contributed by atoms with Crippen LogP contribution in [0.2, 0.25) is 0 Å². The SMILES string of the molecule is COC(=O)C[C@@H]1COc2cc(O[C@@H]3CCc4c(C(=O)CC5CCOCC5)cccc43)ccc21. The van der Waals surface area contributed by atoms with Gasteiger partial charge in [0.1, 0.15) is 17.6 Å². The maximum absolute atomic E-state index is 13.1. The van der Waals surface area contributed by atoms with Gasteiger partial charge in [-0.25, -0.2) is 0 Å². The third-order valence-corrected chi connectivity index (χ3v) is 7.11. The Morgan fingerprint density at radius 3 is 2.70 bits per heavy atom. The Morgan fingerprint density at radius 2 is 1.88 bits per heavy atom. The number of carbonyl (C=O) groups excluding carboxylic acids is 2. The lowest BCUT2D eigenvalue weighted by Crippen LogP contribution is -2.19. The van der Waals surface area contributed by atoms with E-state index < -0.39 is 0 Å². The first-order chi connectivity index (χ1) is 16.1. The summed E-state index contributed by atoms with van der Waals surface area (Å²) in [6, 6.07) is 11.8. The van der Waals surface area contributed by atoms with Crippen LogP contribution in [0.1, 0.15) is 71.2 Å². The van der Waals surface area contributed by atoms with Crippen LogP contribution in [-0.2, 0) is 20.7 Å². The summed E-state index contributed by atoms with van der Waals surface area (Å²) in [4.78, 5) is 24.7. The van der Waals surface area contributed by atoms with Crippen LogP contribution in [0.25, 0.3) is 0 Å². The van der Waals surface area contributed by atoms with Crippen LogP contribution in [0.15, 0.2) is 36.4 Å². The quantitative estimate of drug-likeness (QED) is 0.446. The summed E-state index contributed by atoms with van der Waals surface area (Å²) in [5, 5.41) is 0. The van der Waals surface area contributed by atoms with Crippen molar-refractivity contribution in [1.82, 2.24) is 0 Å². The molecule has 1 aliphatic carbocycles. The van der Waals surface area contributed by atoms with Gasteiger partial charge in [-0.3, -0.25) is 9.59 Å². The van der Waals surface area contributed by atoms with Gasteiger partial charge in [0.25, 0.3) is 0 Å². The van der Waals surface area contributed by atoms with Gasteiger partial charge in [0.2, 0.25) is 0 Å². The zero-order valence-corrected chi connectivity index (χ0v) is 19.0. The van der Waals surface area contributed by atoms with Crippen LogP contribution in [0.3, 0.4) is 0 Å². The molecule has 2 aliphatic heterocycles. The highest BCUT2D eigenvalue weighted by molar-refractivity contribution is 5.98. The van der Waals surface area contributed by atoms with E-state index in [0.717, 1.165) is 72.6 Å². The molecule has 2 aromatic carbocycles. The van der Waals surface area contributed by atoms with E-state index in [-0.39, 0.29) is 23.8 Å². The van der Waals surface area contributed by atoms with Crippen molar-refractivity contribution in [3.8, 4) is 11.5 Å². The smallest absolute Gasteiger partial charge is 0.306 e. The Balaban J connectivity index is 1.28. The second kappa shape index (κ2) is 9.56. The lowest BCUT2D eigenvalue weighted by Gasteiger charge is -2.21. The number of esters is 1. The summed E-state index contributed by atoms with van der Waals surface area (Å²) in [6.45, 7) is 1.99. The normalized spacial score (nSPS) is 21.7. The zero-order valence-electron chi connectivity index (χ0n) is 19.0. The molecule has 2 atom stereocenters. The van der Waals surface area contributed by atoms with Gasteiger partial charge in [0.15, 0.2) is 5.78 Å². The highest BCUT2D eigenvalue weighted by atomic mass is 16.5.